The van der Waals surface area contributed by atoms with Gasteiger partial charge in [-0.05, 0) is 120 Å². The Kier molecular flexibility index (Phi) is 8.07. The second kappa shape index (κ2) is 10.1. The highest BCUT2D eigenvalue weighted by atomic mass is 127. The van der Waals surface area contributed by atoms with Gasteiger partial charge in [0.05, 0.1) is 14.3 Å². The van der Waals surface area contributed by atoms with Crippen LogP contribution in [-0.2, 0) is 16.0 Å². The first-order valence-corrected chi connectivity index (χ1v) is 11.7. The normalized spacial score (nSPS) is 12.1. The fraction of sp³-hybridized carbons (Fsp3) is 0.176. The van der Waals surface area contributed by atoms with E-state index in [4.69, 9.17) is 6.17 Å². The van der Waals surface area contributed by atoms with Crippen LogP contribution in [0.1, 0.15) is 12.5 Å². The van der Waals surface area contributed by atoms with Crippen LogP contribution in [0.2, 0.25) is 0 Å². The first kappa shape index (κ1) is 21.6. The molecular weight excluding hydrogens is 806 g/mol. The van der Waals surface area contributed by atoms with Gasteiger partial charge in [0.25, 0.3) is 1.43 Å². The molecule has 0 spiro atoms. The van der Waals surface area contributed by atoms with Gasteiger partial charge in [0.15, 0.2) is 5.75 Å². The summed E-state index contributed by atoms with van der Waals surface area (Å²) < 4.78 is 15.8. The van der Waals surface area contributed by atoms with Gasteiger partial charge in [0.1, 0.15) is 17.5 Å². The number of carbonyl (C=O) groups excluding carboxylic acids is 1. The maximum Gasteiger partial charge on any atom is 0.326 e. The molecule has 2 rings (SSSR count). The third-order valence-electron chi connectivity index (χ3n) is 3.37. The number of hydrogen-bond donors (Lipinski definition) is 3. The summed E-state index contributed by atoms with van der Waals surface area (Å²) >= 11 is 8.36. The van der Waals surface area contributed by atoms with E-state index >= 15 is 0 Å². The predicted molar refractivity (Wildman–Crippen MR) is 134 cm³/mol. The van der Waals surface area contributed by atoms with Crippen LogP contribution in [0, 0.1) is 14.3 Å². The minimum absolute atomic E-state index is 0.193. The van der Waals surface area contributed by atoms with Crippen molar-refractivity contribution in [2.24, 2.45) is 0 Å². The molecule has 0 saturated carbocycles. The zero-order valence-electron chi connectivity index (χ0n) is 14.7. The summed E-state index contributed by atoms with van der Waals surface area (Å²) in [5, 5.41) is 16.4. The molecule has 0 aliphatic rings. The molecule has 2 aromatic carbocycles. The first-order valence-electron chi connectivity index (χ1n) is 7.81. The highest BCUT2D eigenvalue weighted by Crippen LogP contribution is 2.36. The highest BCUT2D eigenvalue weighted by molar-refractivity contribution is 14.1. The Hall–Kier alpha value is -0.100. The average Bonchev–Trinajstić information content (AvgIpc) is 2.61. The number of nitrogens with one attached hydrogen (secondary N) is 1. The van der Waals surface area contributed by atoms with E-state index in [0.717, 1.165) is 12.7 Å². The molecule has 1 amide bonds. The molecule has 27 heavy (non-hydrogen) atoms. The van der Waals surface area contributed by atoms with Crippen molar-refractivity contribution in [3.8, 4) is 17.2 Å². The molecule has 0 aliphatic carbocycles. The number of carboxylic acid groups (broad SMARTS) is 1. The second-order valence-electron chi connectivity index (χ2n) is 5.50. The van der Waals surface area contributed by atoms with Gasteiger partial charge in [-0.1, -0.05) is 0 Å². The molecule has 0 fully saturated rings. The SMILES string of the molecule is [2H]OC(=O)[C@H](Cc1cc(I)c(Oc2cc(I)c(O)c(I)c2)c(I)c1)NC(C)=O. The maximum atomic E-state index is 11.7. The predicted octanol–water partition coefficient (Wildman–Crippen LogP) is 4.73. The number of phenols is 1. The van der Waals surface area contributed by atoms with E-state index in [2.05, 4.69) is 55.6 Å². The van der Waals surface area contributed by atoms with Crippen LogP contribution in [0.4, 0.5) is 0 Å². The summed E-state index contributed by atoms with van der Waals surface area (Å²) in [6.07, 6.45) is 0.193. The molecule has 1 atom stereocenters. The van der Waals surface area contributed by atoms with Crippen LogP contribution >= 0.6 is 90.4 Å². The number of ether oxygens (including phenoxy) is 1. The zero-order chi connectivity index (χ0) is 21.0. The van der Waals surface area contributed by atoms with E-state index in [1.807, 2.05) is 57.3 Å². The summed E-state index contributed by atoms with van der Waals surface area (Å²) in [5.74, 6) is 0.272. The van der Waals surface area contributed by atoms with Crippen LogP contribution in [0.15, 0.2) is 24.3 Å². The Morgan fingerprint density at radius 3 is 2.15 bits per heavy atom. The van der Waals surface area contributed by atoms with Gasteiger partial charge in [0.2, 0.25) is 5.91 Å². The van der Waals surface area contributed by atoms with Crippen molar-refractivity contribution in [1.29, 1.82) is 1.43 Å². The van der Waals surface area contributed by atoms with Gasteiger partial charge >= 0.3 is 5.97 Å². The lowest BCUT2D eigenvalue weighted by Gasteiger charge is -2.16. The summed E-state index contributed by atoms with van der Waals surface area (Å²) in [6, 6.07) is 6.25. The fourth-order valence-corrected chi connectivity index (χ4v) is 6.05. The number of rotatable bonds is 6. The first-order chi connectivity index (χ1) is 13.1. The van der Waals surface area contributed by atoms with E-state index in [9.17, 15) is 14.7 Å². The topological polar surface area (TPSA) is 95.9 Å². The molecule has 0 aromatic heterocycles. The summed E-state index contributed by atoms with van der Waals surface area (Å²) in [5.41, 5.74) is 0.792. The lowest BCUT2D eigenvalue weighted by molar-refractivity contribution is -0.141. The molecule has 0 unspecified atom stereocenters. The van der Waals surface area contributed by atoms with Crippen molar-refractivity contribution in [1.82, 2.24) is 5.32 Å². The van der Waals surface area contributed by atoms with Gasteiger partial charge < -0.3 is 20.3 Å². The van der Waals surface area contributed by atoms with E-state index in [-0.39, 0.29) is 18.1 Å². The lowest BCUT2D eigenvalue weighted by atomic mass is 10.1. The zero-order valence-corrected chi connectivity index (χ0v) is 22.3. The van der Waals surface area contributed by atoms with Crippen molar-refractivity contribution < 1.29 is 24.5 Å². The van der Waals surface area contributed by atoms with Crippen LogP contribution in [0.25, 0.3) is 1.43 Å². The Bertz CT molecular complexity index is 878. The molecule has 0 radical (unpaired) electrons. The molecule has 0 heterocycles. The lowest BCUT2D eigenvalue weighted by Crippen LogP contribution is -2.41. The monoisotopic (exact) mass is 820 g/mol. The molecule has 0 saturated heterocycles. The number of hydrogen-bond acceptors (Lipinski definition) is 5. The molecular formula is C17H13I4NO5. The number of aromatic hydroxyl groups is 1. The van der Waals surface area contributed by atoms with Crippen LogP contribution in [-0.4, -0.2) is 28.1 Å². The number of carbonyl (C=O) groups is 2. The van der Waals surface area contributed by atoms with E-state index in [1.165, 1.54) is 6.92 Å². The van der Waals surface area contributed by atoms with Crippen LogP contribution < -0.4 is 10.1 Å². The molecule has 6 nitrogen and oxygen atoms in total. The number of carboxylic acids is 1. The Balaban J connectivity index is 2.29. The fourth-order valence-electron chi connectivity index (χ4n) is 2.22. The van der Waals surface area contributed by atoms with Crippen molar-refractivity contribution in [2.45, 2.75) is 19.4 Å². The van der Waals surface area contributed by atoms with Crippen molar-refractivity contribution in [2.75, 3.05) is 0 Å². The third-order valence-corrected chi connectivity index (χ3v) is 6.62. The minimum atomic E-state index is -0.936. The van der Waals surface area contributed by atoms with Gasteiger partial charge in [-0.3, -0.25) is 4.79 Å². The van der Waals surface area contributed by atoms with Crippen LogP contribution in [0.5, 0.6) is 17.2 Å². The molecule has 2 aromatic rings. The molecule has 0 bridgehead atoms. The van der Waals surface area contributed by atoms with Crippen LogP contribution in [0.3, 0.4) is 0 Å². The third kappa shape index (κ3) is 6.45. The van der Waals surface area contributed by atoms with Gasteiger partial charge in [-0.15, -0.1) is 0 Å². The van der Waals surface area contributed by atoms with E-state index in [0.29, 0.717) is 18.6 Å². The Morgan fingerprint density at radius 1 is 1.11 bits per heavy atom. The summed E-state index contributed by atoms with van der Waals surface area (Å²) in [4.78, 5) is 23.1. The number of phenolic OH excluding ortho intramolecular Hbond substituents is 1. The van der Waals surface area contributed by atoms with Gasteiger partial charge in [0, 0.05) is 13.3 Å². The summed E-state index contributed by atoms with van der Waals surface area (Å²) in [7, 11) is 0. The quantitative estimate of drug-likeness (QED) is 0.367. The molecule has 0 aliphatic heterocycles. The number of aliphatic carboxylic acids is 1. The van der Waals surface area contributed by atoms with E-state index in [1.54, 1.807) is 12.1 Å². The Labute approximate surface area is 211 Å². The van der Waals surface area contributed by atoms with Gasteiger partial charge in [-0.2, -0.15) is 0 Å². The van der Waals surface area contributed by atoms with Crippen molar-refractivity contribution in [3.63, 3.8) is 0 Å². The Morgan fingerprint density at radius 2 is 1.67 bits per heavy atom. The second-order valence-corrected chi connectivity index (χ2v) is 10.2. The largest absolute Gasteiger partial charge is 0.506 e. The van der Waals surface area contributed by atoms with Crippen molar-refractivity contribution in [3.05, 3.63) is 44.1 Å². The molecule has 3 N–H and O–H groups in total. The molecule has 10 heteroatoms. The van der Waals surface area contributed by atoms with E-state index < -0.39 is 12.0 Å². The van der Waals surface area contributed by atoms with Crippen molar-refractivity contribution >= 4 is 102 Å². The van der Waals surface area contributed by atoms with Gasteiger partial charge in [-0.25, -0.2) is 4.79 Å². The maximum absolute atomic E-state index is 11.7. The average molecular weight is 820 g/mol. The number of amides is 1. The standard InChI is InChI=1S/C17H13I4NO5/c1-7(23)22-14(17(25)26)4-8-2-12(20)16(13(21)3-8)27-9-5-10(18)15(24)11(19)6-9/h2-3,5-6,14,24H,4H2,1H3,(H,22,23)(H,25,26)/t14-/m0/s1/i/hD. The smallest absolute Gasteiger partial charge is 0.326 e. The number of benzene rings is 2. The summed E-state index contributed by atoms with van der Waals surface area (Å²) in [6.45, 7) is 1.30. The highest BCUT2D eigenvalue weighted by Gasteiger charge is 2.20. The molecule has 144 valence electrons. The minimum Gasteiger partial charge on any atom is -0.506 e. The number of halogens is 4.